The van der Waals surface area contributed by atoms with Crippen LogP contribution in [0.4, 0.5) is 4.39 Å². The van der Waals surface area contributed by atoms with E-state index in [1.165, 1.54) is 19.1 Å². The quantitative estimate of drug-likeness (QED) is 0.661. The van der Waals surface area contributed by atoms with E-state index in [9.17, 15) is 19.4 Å². The van der Waals surface area contributed by atoms with Gasteiger partial charge in [0.2, 0.25) is 5.91 Å². The standard InChI is InChI=1S/C25H31FN2O4/c1-16(27-17(2)29)18-3-5-19(6-4-18)23(31)15-28-11-9-25(10-12-28)14-22(30)21-13-20(26)7-8-24(21)32-25/h3-8,13,16,22-23,30-31H,9-12,14-15H2,1-2H3,(H,27,29)/t16-,22-,23+/m1/s1. The second-order valence-corrected chi connectivity index (χ2v) is 9.09. The first-order valence-corrected chi connectivity index (χ1v) is 11.2. The number of nitrogens with one attached hydrogen (secondary N) is 1. The zero-order valence-corrected chi connectivity index (χ0v) is 18.6. The number of hydrogen-bond acceptors (Lipinski definition) is 5. The van der Waals surface area contributed by atoms with Crippen LogP contribution in [0.2, 0.25) is 0 Å². The van der Waals surface area contributed by atoms with Crippen LogP contribution in [-0.4, -0.2) is 46.3 Å². The van der Waals surface area contributed by atoms with Crippen LogP contribution < -0.4 is 10.1 Å². The van der Waals surface area contributed by atoms with E-state index in [1.54, 1.807) is 6.07 Å². The number of halogens is 1. The maximum absolute atomic E-state index is 13.5. The van der Waals surface area contributed by atoms with E-state index in [4.69, 9.17) is 4.74 Å². The van der Waals surface area contributed by atoms with Crippen LogP contribution in [0.1, 0.15) is 68.1 Å². The van der Waals surface area contributed by atoms with Crippen LogP contribution in [0.25, 0.3) is 0 Å². The lowest BCUT2D eigenvalue weighted by molar-refractivity contribution is -0.119. The van der Waals surface area contributed by atoms with E-state index in [-0.39, 0.29) is 17.8 Å². The van der Waals surface area contributed by atoms with Gasteiger partial charge < -0.3 is 25.2 Å². The number of likely N-dealkylation sites (tertiary alicyclic amines) is 1. The highest BCUT2D eigenvalue weighted by atomic mass is 19.1. The van der Waals surface area contributed by atoms with E-state index in [0.29, 0.717) is 24.3 Å². The van der Waals surface area contributed by atoms with E-state index < -0.39 is 17.8 Å². The number of aliphatic hydroxyl groups excluding tert-OH is 2. The molecule has 1 amide bonds. The fraction of sp³-hybridized carbons (Fsp3) is 0.480. The van der Waals surface area contributed by atoms with Gasteiger partial charge in [0.1, 0.15) is 17.2 Å². The van der Waals surface area contributed by atoms with Crippen molar-refractivity contribution < 1.29 is 24.1 Å². The number of benzene rings is 2. The van der Waals surface area contributed by atoms with Crippen molar-refractivity contribution in [2.45, 2.75) is 57.0 Å². The number of piperidine rings is 1. The predicted molar refractivity (Wildman–Crippen MR) is 119 cm³/mol. The van der Waals surface area contributed by atoms with Gasteiger partial charge in [-0.05, 0) is 49.1 Å². The van der Waals surface area contributed by atoms with Crippen molar-refractivity contribution in [1.29, 1.82) is 0 Å². The third kappa shape index (κ3) is 4.95. The molecule has 32 heavy (non-hydrogen) atoms. The summed E-state index contributed by atoms with van der Waals surface area (Å²) in [5, 5.41) is 24.1. The Morgan fingerprint density at radius 3 is 2.53 bits per heavy atom. The Labute approximate surface area is 188 Å². The Bertz CT molecular complexity index is 957. The highest BCUT2D eigenvalue weighted by molar-refractivity contribution is 5.73. The van der Waals surface area contributed by atoms with Gasteiger partial charge in [-0.15, -0.1) is 0 Å². The molecule has 0 radical (unpaired) electrons. The summed E-state index contributed by atoms with van der Waals surface area (Å²) >= 11 is 0. The van der Waals surface area contributed by atoms with E-state index in [1.807, 2.05) is 31.2 Å². The molecule has 0 bridgehead atoms. The number of carbonyl (C=O) groups excluding carboxylic acids is 1. The average Bonchev–Trinajstić information content (AvgIpc) is 2.76. The molecule has 0 saturated carbocycles. The average molecular weight is 443 g/mol. The van der Waals surface area contributed by atoms with Crippen molar-refractivity contribution >= 4 is 5.91 Å². The molecule has 2 aliphatic rings. The van der Waals surface area contributed by atoms with E-state index in [0.717, 1.165) is 37.1 Å². The summed E-state index contributed by atoms with van der Waals surface area (Å²) in [4.78, 5) is 13.4. The molecule has 2 aliphatic heterocycles. The molecule has 2 aromatic carbocycles. The molecule has 2 aromatic rings. The first-order chi connectivity index (χ1) is 15.2. The number of ether oxygens (including phenoxy) is 1. The topological polar surface area (TPSA) is 82.0 Å². The second kappa shape index (κ2) is 9.17. The molecule has 1 spiro atoms. The molecule has 2 heterocycles. The summed E-state index contributed by atoms with van der Waals surface area (Å²) in [6.45, 7) is 5.43. The van der Waals surface area contributed by atoms with Crippen molar-refractivity contribution in [3.8, 4) is 5.75 Å². The fourth-order valence-corrected chi connectivity index (χ4v) is 4.80. The summed E-state index contributed by atoms with van der Waals surface area (Å²) in [5.41, 5.74) is 1.89. The summed E-state index contributed by atoms with van der Waals surface area (Å²) in [6, 6.07) is 11.9. The Morgan fingerprint density at radius 2 is 1.88 bits per heavy atom. The Balaban J connectivity index is 1.33. The largest absolute Gasteiger partial charge is 0.487 e. The Kier molecular flexibility index (Phi) is 6.51. The summed E-state index contributed by atoms with van der Waals surface area (Å²) < 4.78 is 19.8. The first kappa shape index (κ1) is 22.7. The van der Waals surface area contributed by atoms with Gasteiger partial charge in [-0.25, -0.2) is 4.39 Å². The Hall–Kier alpha value is -2.48. The van der Waals surface area contributed by atoms with Crippen LogP contribution in [0.3, 0.4) is 0 Å². The molecule has 1 fully saturated rings. The minimum absolute atomic E-state index is 0.0744. The summed E-state index contributed by atoms with van der Waals surface area (Å²) in [6.07, 6.45) is 0.579. The number of β-amino-alcohol motifs (C(OH)–C–C–N with tert-alkyl or cyclic N) is 1. The molecule has 0 unspecified atom stereocenters. The normalized spacial score (nSPS) is 22.0. The van der Waals surface area contributed by atoms with Crippen LogP contribution in [0.15, 0.2) is 42.5 Å². The molecule has 4 rings (SSSR count). The van der Waals surface area contributed by atoms with Crippen molar-refractivity contribution in [3.63, 3.8) is 0 Å². The summed E-state index contributed by atoms with van der Waals surface area (Å²) in [7, 11) is 0. The molecule has 3 atom stereocenters. The van der Waals surface area contributed by atoms with Gasteiger partial charge in [-0.3, -0.25) is 4.79 Å². The van der Waals surface area contributed by atoms with Gasteiger partial charge >= 0.3 is 0 Å². The molecule has 6 nitrogen and oxygen atoms in total. The lowest BCUT2D eigenvalue weighted by Gasteiger charge is -2.46. The highest BCUT2D eigenvalue weighted by Gasteiger charge is 2.43. The zero-order valence-electron chi connectivity index (χ0n) is 18.6. The number of fused-ring (bicyclic) bond motifs is 1. The number of aliphatic hydroxyl groups is 2. The lowest BCUT2D eigenvalue weighted by atomic mass is 9.81. The maximum atomic E-state index is 13.5. The minimum Gasteiger partial charge on any atom is -0.487 e. The number of hydrogen-bond donors (Lipinski definition) is 3. The molecule has 3 N–H and O–H groups in total. The second-order valence-electron chi connectivity index (χ2n) is 9.09. The van der Waals surface area contributed by atoms with Crippen LogP contribution in [0.5, 0.6) is 5.75 Å². The first-order valence-electron chi connectivity index (χ1n) is 11.2. The van der Waals surface area contributed by atoms with Crippen molar-refractivity contribution in [2.75, 3.05) is 19.6 Å². The smallest absolute Gasteiger partial charge is 0.217 e. The lowest BCUT2D eigenvalue weighted by Crippen LogP contribution is -2.51. The van der Waals surface area contributed by atoms with E-state index in [2.05, 4.69) is 10.2 Å². The van der Waals surface area contributed by atoms with Gasteiger partial charge in [-0.1, -0.05) is 24.3 Å². The molecule has 0 aromatic heterocycles. The van der Waals surface area contributed by atoms with Crippen LogP contribution in [-0.2, 0) is 4.79 Å². The van der Waals surface area contributed by atoms with Crippen molar-refractivity contribution in [1.82, 2.24) is 10.2 Å². The van der Waals surface area contributed by atoms with Crippen LogP contribution in [0, 0.1) is 5.82 Å². The molecule has 0 aliphatic carbocycles. The molecular weight excluding hydrogens is 411 g/mol. The molecule has 1 saturated heterocycles. The SMILES string of the molecule is CC(=O)N[C@H](C)c1ccc([C@@H](O)CN2CCC3(CC2)C[C@@H](O)c2cc(F)ccc2O3)cc1. The minimum atomic E-state index is -0.731. The van der Waals surface area contributed by atoms with Gasteiger partial charge in [-0.2, -0.15) is 0 Å². The maximum Gasteiger partial charge on any atom is 0.217 e. The monoisotopic (exact) mass is 442 g/mol. The number of carbonyl (C=O) groups is 1. The number of rotatable bonds is 5. The summed E-state index contributed by atoms with van der Waals surface area (Å²) in [5.74, 6) is 0.116. The van der Waals surface area contributed by atoms with Gasteiger partial charge in [0.15, 0.2) is 0 Å². The number of amides is 1. The predicted octanol–water partition coefficient (Wildman–Crippen LogP) is 3.41. The van der Waals surface area contributed by atoms with Gasteiger partial charge in [0.25, 0.3) is 0 Å². The fourth-order valence-electron chi connectivity index (χ4n) is 4.80. The molecule has 7 heteroatoms. The van der Waals surface area contributed by atoms with Crippen molar-refractivity contribution in [3.05, 3.63) is 65.0 Å². The molecular formula is C25H31FN2O4. The van der Waals surface area contributed by atoms with Crippen LogP contribution >= 0.6 is 0 Å². The highest BCUT2D eigenvalue weighted by Crippen LogP contribution is 2.44. The molecule has 172 valence electrons. The van der Waals surface area contributed by atoms with Gasteiger partial charge in [0, 0.05) is 38.5 Å². The van der Waals surface area contributed by atoms with Crippen molar-refractivity contribution in [2.24, 2.45) is 0 Å². The third-order valence-corrected chi connectivity index (χ3v) is 6.66. The zero-order chi connectivity index (χ0) is 22.9. The number of nitrogens with zero attached hydrogens (tertiary/aromatic N) is 1. The van der Waals surface area contributed by atoms with E-state index >= 15 is 0 Å². The Morgan fingerprint density at radius 1 is 1.22 bits per heavy atom. The third-order valence-electron chi connectivity index (χ3n) is 6.66. The van der Waals surface area contributed by atoms with Gasteiger partial charge in [0.05, 0.1) is 18.2 Å².